The molecule has 18 heavy (non-hydrogen) atoms. The number of aromatic nitrogens is 1. The summed E-state index contributed by atoms with van der Waals surface area (Å²) in [6.45, 7) is 4.08. The Kier molecular flexibility index (Phi) is 3.64. The number of nitrogen functional groups attached to an aromatic ring is 1. The number of anilines is 3. The highest BCUT2D eigenvalue weighted by atomic mass is 35.5. The Balaban J connectivity index is 2.40. The number of hydrogen-bond acceptors (Lipinski definition) is 3. The van der Waals surface area contributed by atoms with Gasteiger partial charge in [0.1, 0.15) is 5.82 Å². The predicted molar refractivity (Wildman–Crippen MR) is 77.9 cm³/mol. The highest BCUT2D eigenvalue weighted by molar-refractivity contribution is 6.37. The fourth-order valence-corrected chi connectivity index (χ4v) is 1.99. The van der Waals surface area contributed by atoms with E-state index < -0.39 is 0 Å². The second-order valence-corrected chi connectivity index (χ2v) is 4.87. The van der Waals surface area contributed by atoms with Gasteiger partial charge in [0, 0.05) is 5.69 Å². The van der Waals surface area contributed by atoms with Gasteiger partial charge in [-0.15, -0.1) is 0 Å². The Morgan fingerprint density at radius 2 is 1.89 bits per heavy atom. The van der Waals surface area contributed by atoms with Crippen LogP contribution in [-0.4, -0.2) is 4.98 Å². The van der Waals surface area contributed by atoms with E-state index >= 15 is 0 Å². The van der Waals surface area contributed by atoms with Gasteiger partial charge in [-0.2, -0.15) is 0 Å². The first kappa shape index (κ1) is 13.0. The Bertz CT molecular complexity index is 597. The van der Waals surface area contributed by atoms with Crippen molar-refractivity contribution in [2.45, 2.75) is 13.8 Å². The molecule has 0 spiro atoms. The summed E-state index contributed by atoms with van der Waals surface area (Å²) in [7, 11) is 0. The zero-order valence-corrected chi connectivity index (χ0v) is 11.6. The topological polar surface area (TPSA) is 50.9 Å². The molecule has 5 heteroatoms. The molecule has 1 aromatic heterocycles. The molecule has 2 rings (SSSR count). The molecule has 0 unspecified atom stereocenters. The van der Waals surface area contributed by atoms with Crippen molar-refractivity contribution >= 4 is 40.5 Å². The molecule has 94 valence electrons. The monoisotopic (exact) mass is 281 g/mol. The van der Waals surface area contributed by atoms with E-state index in [0.29, 0.717) is 15.9 Å². The lowest BCUT2D eigenvalue weighted by Gasteiger charge is -2.12. The maximum absolute atomic E-state index is 6.08. The average Bonchev–Trinajstić information content (AvgIpc) is 2.32. The first-order valence-corrected chi connectivity index (χ1v) is 6.19. The molecule has 0 saturated heterocycles. The van der Waals surface area contributed by atoms with Crippen LogP contribution in [0.15, 0.2) is 24.3 Å². The molecule has 0 amide bonds. The van der Waals surface area contributed by atoms with E-state index in [0.717, 1.165) is 11.3 Å². The molecule has 0 aliphatic rings. The third kappa shape index (κ3) is 2.52. The van der Waals surface area contributed by atoms with Crippen molar-refractivity contribution in [2.24, 2.45) is 0 Å². The van der Waals surface area contributed by atoms with E-state index in [1.54, 1.807) is 6.07 Å². The van der Waals surface area contributed by atoms with Crippen molar-refractivity contribution in [3.8, 4) is 0 Å². The minimum absolute atomic E-state index is 0.258. The zero-order chi connectivity index (χ0) is 13.3. The van der Waals surface area contributed by atoms with Gasteiger partial charge in [0.15, 0.2) is 5.82 Å². The fourth-order valence-electron chi connectivity index (χ4n) is 1.58. The van der Waals surface area contributed by atoms with Crippen LogP contribution in [0.5, 0.6) is 0 Å². The number of aryl methyl sites for hydroxylation is 1. The van der Waals surface area contributed by atoms with Gasteiger partial charge in [-0.25, -0.2) is 4.98 Å². The molecule has 0 radical (unpaired) electrons. The Hall–Kier alpha value is -1.45. The largest absolute Gasteiger partial charge is 0.382 e. The number of benzene rings is 1. The number of nitrogens with one attached hydrogen (secondary N) is 1. The number of halogens is 2. The first-order valence-electron chi connectivity index (χ1n) is 5.44. The van der Waals surface area contributed by atoms with Crippen LogP contribution < -0.4 is 11.1 Å². The predicted octanol–water partition coefficient (Wildman–Crippen LogP) is 4.33. The highest BCUT2D eigenvalue weighted by Crippen LogP contribution is 2.30. The maximum Gasteiger partial charge on any atom is 0.151 e. The fraction of sp³-hybridized carbons (Fsp3) is 0.154. The minimum atomic E-state index is 0.258. The van der Waals surface area contributed by atoms with Gasteiger partial charge in [-0.05, 0) is 37.1 Å². The van der Waals surface area contributed by atoms with Crippen molar-refractivity contribution in [2.75, 3.05) is 11.1 Å². The summed E-state index contributed by atoms with van der Waals surface area (Å²) in [4.78, 5) is 4.14. The lowest BCUT2D eigenvalue weighted by atomic mass is 10.1. The van der Waals surface area contributed by atoms with Crippen molar-refractivity contribution in [3.63, 3.8) is 0 Å². The molecule has 0 fully saturated rings. The summed E-state index contributed by atoms with van der Waals surface area (Å²) < 4.78 is 0. The second-order valence-electron chi connectivity index (χ2n) is 4.06. The molecular formula is C13H13Cl2N3. The summed E-state index contributed by atoms with van der Waals surface area (Å²) >= 11 is 11.9. The lowest BCUT2D eigenvalue weighted by molar-refractivity contribution is 1.28. The van der Waals surface area contributed by atoms with E-state index in [-0.39, 0.29) is 5.82 Å². The molecule has 1 heterocycles. The molecule has 2 aromatic rings. The Morgan fingerprint density at radius 3 is 2.61 bits per heavy atom. The average molecular weight is 282 g/mol. The quantitative estimate of drug-likeness (QED) is 0.861. The molecule has 0 atom stereocenters. The van der Waals surface area contributed by atoms with Gasteiger partial charge < -0.3 is 11.1 Å². The Morgan fingerprint density at radius 1 is 1.17 bits per heavy atom. The van der Waals surface area contributed by atoms with Gasteiger partial charge in [0.25, 0.3) is 0 Å². The van der Waals surface area contributed by atoms with Crippen molar-refractivity contribution < 1.29 is 0 Å². The number of pyridine rings is 1. The number of nitrogens with zero attached hydrogens (tertiary/aromatic N) is 1. The van der Waals surface area contributed by atoms with Gasteiger partial charge in [-0.3, -0.25) is 0 Å². The smallest absolute Gasteiger partial charge is 0.151 e. The normalized spacial score (nSPS) is 10.4. The zero-order valence-electron chi connectivity index (χ0n) is 10.1. The van der Waals surface area contributed by atoms with Crippen LogP contribution in [0.25, 0.3) is 0 Å². The molecule has 1 aromatic carbocycles. The molecule has 3 nitrogen and oxygen atoms in total. The third-order valence-electron chi connectivity index (χ3n) is 2.81. The van der Waals surface area contributed by atoms with E-state index in [1.807, 2.05) is 32.0 Å². The Labute approximate surface area is 116 Å². The van der Waals surface area contributed by atoms with Crippen LogP contribution >= 0.6 is 23.2 Å². The summed E-state index contributed by atoms with van der Waals surface area (Å²) in [5.74, 6) is 0.765. The van der Waals surface area contributed by atoms with Crippen LogP contribution in [0.2, 0.25) is 10.0 Å². The van der Waals surface area contributed by atoms with Gasteiger partial charge >= 0.3 is 0 Å². The van der Waals surface area contributed by atoms with Crippen molar-refractivity contribution in [3.05, 3.63) is 45.4 Å². The summed E-state index contributed by atoms with van der Waals surface area (Å²) in [5.41, 5.74) is 8.95. The SMILES string of the molecule is Cc1cccc(Nc2nc(N)c(Cl)cc2Cl)c1C. The number of nitrogens with two attached hydrogens (primary N) is 1. The van der Waals surface area contributed by atoms with Gasteiger partial charge in [0.2, 0.25) is 0 Å². The van der Waals surface area contributed by atoms with E-state index in [4.69, 9.17) is 28.9 Å². The third-order valence-corrected chi connectivity index (χ3v) is 3.41. The summed E-state index contributed by atoms with van der Waals surface area (Å²) in [6.07, 6.45) is 0. The van der Waals surface area contributed by atoms with Crippen LogP contribution in [0, 0.1) is 13.8 Å². The van der Waals surface area contributed by atoms with Crippen molar-refractivity contribution in [1.82, 2.24) is 4.98 Å². The number of rotatable bonds is 2. The molecule has 3 N–H and O–H groups in total. The van der Waals surface area contributed by atoms with Gasteiger partial charge in [0.05, 0.1) is 10.0 Å². The summed E-state index contributed by atoms with van der Waals surface area (Å²) in [6, 6.07) is 7.56. The maximum atomic E-state index is 6.08. The lowest BCUT2D eigenvalue weighted by Crippen LogP contribution is -2.00. The van der Waals surface area contributed by atoms with Gasteiger partial charge in [-0.1, -0.05) is 35.3 Å². The summed E-state index contributed by atoms with van der Waals surface area (Å²) in [5, 5.41) is 3.96. The van der Waals surface area contributed by atoms with Crippen LogP contribution in [0.3, 0.4) is 0 Å². The standard InChI is InChI=1S/C13H13Cl2N3/c1-7-4-3-5-11(8(7)2)17-13-10(15)6-9(14)12(16)18-13/h3-6H,1-2H3,(H3,16,17,18). The van der Waals surface area contributed by atoms with Crippen LogP contribution in [0.1, 0.15) is 11.1 Å². The minimum Gasteiger partial charge on any atom is -0.382 e. The van der Waals surface area contributed by atoms with Crippen LogP contribution in [-0.2, 0) is 0 Å². The first-order chi connectivity index (χ1) is 8.49. The number of hydrogen-bond donors (Lipinski definition) is 2. The van der Waals surface area contributed by atoms with E-state index in [9.17, 15) is 0 Å². The molecule has 0 saturated carbocycles. The second kappa shape index (κ2) is 5.04. The molecule has 0 aliphatic heterocycles. The van der Waals surface area contributed by atoms with E-state index in [2.05, 4.69) is 10.3 Å². The van der Waals surface area contributed by atoms with E-state index in [1.165, 1.54) is 5.56 Å². The molecular weight excluding hydrogens is 269 g/mol. The highest BCUT2D eigenvalue weighted by Gasteiger charge is 2.09. The van der Waals surface area contributed by atoms with Crippen molar-refractivity contribution in [1.29, 1.82) is 0 Å². The van der Waals surface area contributed by atoms with Crippen LogP contribution in [0.4, 0.5) is 17.3 Å². The molecule has 0 aliphatic carbocycles. The molecule has 0 bridgehead atoms.